The van der Waals surface area contributed by atoms with Crippen LogP contribution < -0.4 is 4.74 Å². The smallest absolute Gasteiger partial charge is 0.387 e. The van der Waals surface area contributed by atoms with Crippen LogP contribution in [0.2, 0.25) is 0 Å². The van der Waals surface area contributed by atoms with Crippen LogP contribution in [0.1, 0.15) is 36.1 Å². The molecular formula is C20H19F4NO3S. The number of sulfonamides is 1. The predicted molar refractivity (Wildman–Crippen MR) is 101 cm³/mol. The Morgan fingerprint density at radius 3 is 2.41 bits per heavy atom. The van der Waals surface area contributed by atoms with E-state index in [9.17, 15) is 26.0 Å². The van der Waals surface area contributed by atoms with Crippen LogP contribution in [0.5, 0.6) is 5.75 Å². The first-order valence-electron chi connectivity index (χ1n) is 8.81. The number of rotatable bonds is 6. The second kappa shape index (κ2) is 8.16. The van der Waals surface area contributed by atoms with Crippen LogP contribution in [-0.4, -0.2) is 26.4 Å². The summed E-state index contributed by atoms with van der Waals surface area (Å²) in [6.07, 6.45) is 2.02. The van der Waals surface area contributed by atoms with Gasteiger partial charge in [-0.2, -0.15) is 13.1 Å². The van der Waals surface area contributed by atoms with Gasteiger partial charge < -0.3 is 4.74 Å². The summed E-state index contributed by atoms with van der Waals surface area (Å²) >= 11 is 0. The summed E-state index contributed by atoms with van der Waals surface area (Å²) in [4.78, 5) is 0.157. The highest BCUT2D eigenvalue weighted by molar-refractivity contribution is 7.93. The normalized spacial score (nSPS) is 15.2. The number of benzene rings is 2. The van der Waals surface area contributed by atoms with Gasteiger partial charge in [0, 0.05) is 13.1 Å². The van der Waals surface area contributed by atoms with Crippen molar-refractivity contribution in [3.63, 3.8) is 0 Å². The average Bonchev–Trinajstić information content (AvgIpc) is 2.68. The van der Waals surface area contributed by atoms with Gasteiger partial charge in [0.25, 0.3) is 0 Å². The van der Waals surface area contributed by atoms with Gasteiger partial charge in [0.2, 0.25) is 10.0 Å². The van der Waals surface area contributed by atoms with Crippen LogP contribution in [-0.2, 0) is 16.4 Å². The summed E-state index contributed by atoms with van der Waals surface area (Å²) in [7, 11) is -2.51. The van der Waals surface area contributed by atoms with E-state index < -0.39 is 34.3 Å². The fourth-order valence-electron chi connectivity index (χ4n) is 3.20. The Bertz CT molecular complexity index is 1050. The lowest BCUT2D eigenvalue weighted by Crippen LogP contribution is -2.31. The molecule has 0 saturated carbocycles. The van der Waals surface area contributed by atoms with Crippen LogP contribution in [0.3, 0.4) is 0 Å². The zero-order valence-electron chi connectivity index (χ0n) is 15.7. The molecule has 0 radical (unpaired) electrons. The third kappa shape index (κ3) is 4.45. The molecule has 156 valence electrons. The third-order valence-corrected chi connectivity index (χ3v) is 7.04. The summed E-state index contributed by atoms with van der Waals surface area (Å²) in [6.45, 7) is -1.36. The molecule has 0 saturated heterocycles. The number of aryl methyl sites for hydroxylation is 1. The predicted octanol–water partition coefficient (Wildman–Crippen LogP) is 4.88. The number of hydrogen-bond donors (Lipinski definition) is 0. The van der Waals surface area contributed by atoms with Crippen molar-refractivity contribution in [3.05, 3.63) is 69.6 Å². The van der Waals surface area contributed by atoms with Gasteiger partial charge in [0.15, 0.2) is 11.6 Å². The molecule has 0 aliphatic heterocycles. The molecule has 0 bridgehead atoms. The molecule has 2 aromatic rings. The Hall–Kier alpha value is -2.39. The Balaban J connectivity index is 1.87. The molecule has 4 nitrogen and oxygen atoms in total. The van der Waals surface area contributed by atoms with Crippen LogP contribution >= 0.6 is 0 Å². The minimum Gasteiger partial charge on any atom is -0.435 e. The second-order valence-electron chi connectivity index (χ2n) is 6.72. The van der Waals surface area contributed by atoms with Crippen molar-refractivity contribution in [1.29, 1.82) is 0 Å². The van der Waals surface area contributed by atoms with E-state index in [4.69, 9.17) is 0 Å². The molecular weight excluding hydrogens is 410 g/mol. The van der Waals surface area contributed by atoms with Crippen LogP contribution in [0.4, 0.5) is 17.6 Å². The minimum absolute atomic E-state index is 0.0162. The molecule has 2 aromatic carbocycles. The van der Waals surface area contributed by atoms with Crippen molar-refractivity contribution in [3.8, 4) is 5.75 Å². The van der Waals surface area contributed by atoms with Crippen molar-refractivity contribution >= 4 is 16.1 Å². The molecule has 9 heteroatoms. The number of nitrogens with zero attached hydrogens (tertiary/aromatic N) is 1. The van der Waals surface area contributed by atoms with Gasteiger partial charge in [-0.25, -0.2) is 17.2 Å². The van der Waals surface area contributed by atoms with E-state index in [0.717, 1.165) is 16.4 Å². The minimum atomic E-state index is -3.88. The molecule has 1 aliphatic carbocycles. The van der Waals surface area contributed by atoms with Gasteiger partial charge in [0.1, 0.15) is 5.75 Å². The van der Waals surface area contributed by atoms with Gasteiger partial charge in [0.05, 0.1) is 4.91 Å². The van der Waals surface area contributed by atoms with Crippen LogP contribution in [0, 0.1) is 11.6 Å². The zero-order valence-corrected chi connectivity index (χ0v) is 16.5. The zero-order chi connectivity index (χ0) is 21.3. The first kappa shape index (κ1) is 21.3. The SMILES string of the molecule is CC(c1ccc(F)c(F)c1)N(C)S(=O)(=O)C1=Cc2ccc(OC(F)F)cc2CC1. The van der Waals surface area contributed by atoms with Gasteiger partial charge in [-0.1, -0.05) is 12.1 Å². The summed E-state index contributed by atoms with van der Waals surface area (Å²) in [5.41, 5.74) is 1.63. The molecule has 0 fully saturated rings. The van der Waals surface area contributed by atoms with Crippen LogP contribution in [0.25, 0.3) is 6.08 Å². The van der Waals surface area contributed by atoms with Crippen molar-refractivity contribution in [2.45, 2.75) is 32.4 Å². The molecule has 3 rings (SSSR count). The van der Waals surface area contributed by atoms with Gasteiger partial charge in [-0.3, -0.25) is 0 Å². The van der Waals surface area contributed by atoms with Crippen molar-refractivity contribution in [2.75, 3.05) is 7.05 Å². The highest BCUT2D eigenvalue weighted by Gasteiger charge is 2.30. The van der Waals surface area contributed by atoms with Crippen molar-refractivity contribution in [1.82, 2.24) is 4.31 Å². The van der Waals surface area contributed by atoms with E-state index in [1.165, 1.54) is 37.4 Å². The summed E-state index contributed by atoms with van der Waals surface area (Å²) in [6, 6.07) is 6.89. The van der Waals surface area contributed by atoms with E-state index >= 15 is 0 Å². The number of ether oxygens (including phenoxy) is 1. The lowest BCUT2D eigenvalue weighted by Gasteiger charge is -2.27. The second-order valence-corrected chi connectivity index (χ2v) is 8.77. The molecule has 0 aromatic heterocycles. The number of halogens is 4. The monoisotopic (exact) mass is 429 g/mol. The van der Waals surface area contributed by atoms with E-state index in [0.29, 0.717) is 23.1 Å². The highest BCUT2D eigenvalue weighted by Crippen LogP contribution is 2.34. The summed E-state index contributed by atoms with van der Waals surface area (Å²) in [5, 5.41) is 0. The standard InChI is InChI=1S/C20H19F4NO3S/c1-12(13-5-8-18(21)19(22)11-13)25(2)29(26,27)17-7-4-14-9-16(28-20(23)24)6-3-15(14)10-17/h3,5-6,8-12,20H,4,7H2,1-2H3. The molecule has 0 spiro atoms. The van der Waals surface area contributed by atoms with E-state index in [2.05, 4.69) is 4.74 Å². The molecule has 1 atom stereocenters. The summed E-state index contributed by atoms with van der Waals surface area (Å²) < 4.78 is 83.0. The first-order valence-corrected chi connectivity index (χ1v) is 10.2. The highest BCUT2D eigenvalue weighted by atomic mass is 32.2. The van der Waals surface area contributed by atoms with Crippen molar-refractivity contribution in [2.24, 2.45) is 0 Å². The number of alkyl halides is 2. The molecule has 29 heavy (non-hydrogen) atoms. The topological polar surface area (TPSA) is 46.6 Å². The number of hydrogen-bond acceptors (Lipinski definition) is 3. The van der Waals surface area contributed by atoms with E-state index in [1.807, 2.05) is 0 Å². The largest absolute Gasteiger partial charge is 0.435 e. The molecule has 0 N–H and O–H groups in total. The Labute approximate surface area is 166 Å². The van der Waals surface area contributed by atoms with Gasteiger partial charge in [-0.15, -0.1) is 0 Å². The van der Waals surface area contributed by atoms with Crippen molar-refractivity contribution < 1.29 is 30.7 Å². The molecule has 0 heterocycles. The average molecular weight is 429 g/mol. The quantitative estimate of drug-likeness (QED) is 0.615. The fraction of sp³-hybridized carbons (Fsp3) is 0.300. The Morgan fingerprint density at radius 2 is 1.76 bits per heavy atom. The molecule has 0 amide bonds. The van der Waals surface area contributed by atoms with Gasteiger partial charge in [-0.05, 0) is 66.8 Å². The fourth-order valence-corrected chi connectivity index (χ4v) is 4.74. The Morgan fingerprint density at radius 1 is 1.03 bits per heavy atom. The number of allylic oxidation sites excluding steroid dienone is 1. The molecule has 1 unspecified atom stereocenters. The number of fused-ring (bicyclic) bond motifs is 1. The maximum absolute atomic E-state index is 13.5. The molecule has 1 aliphatic rings. The lowest BCUT2D eigenvalue weighted by atomic mass is 9.97. The van der Waals surface area contributed by atoms with E-state index in [1.54, 1.807) is 6.92 Å². The van der Waals surface area contributed by atoms with Crippen LogP contribution in [0.15, 0.2) is 41.3 Å². The van der Waals surface area contributed by atoms with Gasteiger partial charge >= 0.3 is 6.61 Å². The maximum Gasteiger partial charge on any atom is 0.387 e. The lowest BCUT2D eigenvalue weighted by molar-refractivity contribution is -0.0498. The first-order chi connectivity index (χ1) is 13.6. The maximum atomic E-state index is 13.5. The summed E-state index contributed by atoms with van der Waals surface area (Å²) in [5.74, 6) is -2.04. The Kier molecular flexibility index (Phi) is 6.00. The third-order valence-electron chi connectivity index (χ3n) is 4.98. The van der Waals surface area contributed by atoms with E-state index in [-0.39, 0.29) is 17.1 Å².